The van der Waals surface area contributed by atoms with Gasteiger partial charge in [-0.05, 0) is 48.2 Å². The highest BCUT2D eigenvalue weighted by atomic mass is 35.5. The molecule has 0 radical (unpaired) electrons. The van der Waals surface area contributed by atoms with Gasteiger partial charge in [0.05, 0.1) is 18.2 Å². The van der Waals surface area contributed by atoms with Crippen molar-refractivity contribution in [3.8, 4) is 5.75 Å². The number of aryl methyl sites for hydroxylation is 1. The number of anilines is 3. The summed E-state index contributed by atoms with van der Waals surface area (Å²) < 4.78 is 19.7. The molecule has 8 heteroatoms. The fraction of sp³-hybridized carbons (Fsp3) is 0.385. The molecule has 1 atom stereocenters. The van der Waals surface area contributed by atoms with Crippen LogP contribution in [0.15, 0.2) is 42.5 Å². The lowest BCUT2D eigenvalue weighted by atomic mass is 9.90. The lowest BCUT2D eigenvalue weighted by Crippen LogP contribution is -2.51. The van der Waals surface area contributed by atoms with Gasteiger partial charge in [0, 0.05) is 44.4 Å². The summed E-state index contributed by atoms with van der Waals surface area (Å²) in [5, 5.41) is 3.91. The number of hydrogen-bond donors (Lipinski definition) is 1. The fourth-order valence-electron chi connectivity index (χ4n) is 4.93. The third-order valence-electron chi connectivity index (χ3n) is 6.64. The van der Waals surface area contributed by atoms with Crippen molar-refractivity contribution >= 4 is 28.9 Å². The van der Waals surface area contributed by atoms with Crippen molar-refractivity contribution in [2.75, 3.05) is 43.5 Å². The van der Waals surface area contributed by atoms with Gasteiger partial charge in [-0.3, -0.25) is 4.90 Å². The molecule has 0 saturated carbocycles. The molecule has 0 amide bonds. The van der Waals surface area contributed by atoms with Gasteiger partial charge < -0.3 is 15.0 Å². The Morgan fingerprint density at radius 1 is 1.15 bits per heavy atom. The van der Waals surface area contributed by atoms with Crippen molar-refractivity contribution in [3.63, 3.8) is 0 Å². The van der Waals surface area contributed by atoms with E-state index in [9.17, 15) is 4.39 Å². The van der Waals surface area contributed by atoms with E-state index in [0.717, 1.165) is 79.7 Å². The van der Waals surface area contributed by atoms with Crippen LogP contribution in [0.25, 0.3) is 0 Å². The summed E-state index contributed by atoms with van der Waals surface area (Å²) in [7, 11) is 1.60. The number of nitrogens with zero attached hydrogens (tertiary/aromatic N) is 4. The second kappa shape index (κ2) is 9.76. The second-order valence-corrected chi connectivity index (χ2v) is 9.21. The van der Waals surface area contributed by atoms with E-state index in [-0.39, 0.29) is 11.9 Å². The van der Waals surface area contributed by atoms with E-state index < -0.39 is 0 Å². The summed E-state index contributed by atoms with van der Waals surface area (Å²) in [6, 6.07) is 13.2. The van der Waals surface area contributed by atoms with Crippen LogP contribution in [0.2, 0.25) is 5.02 Å². The van der Waals surface area contributed by atoms with E-state index in [1.165, 1.54) is 0 Å². The van der Waals surface area contributed by atoms with Crippen LogP contribution >= 0.6 is 11.6 Å². The Bertz CT molecular complexity index is 1190. The number of fused-ring (bicyclic) bond motifs is 3. The van der Waals surface area contributed by atoms with E-state index in [1.807, 2.05) is 30.3 Å². The Labute approximate surface area is 204 Å². The van der Waals surface area contributed by atoms with Gasteiger partial charge >= 0.3 is 0 Å². The van der Waals surface area contributed by atoms with Crippen LogP contribution in [0.1, 0.15) is 36.3 Å². The van der Waals surface area contributed by atoms with Crippen molar-refractivity contribution in [1.29, 1.82) is 0 Å². The highest BCUT2D eigenvalue weighted by molar-refractivity contribution is 6.32. The predicted molar refractivity (Wildman–Crippen MR) is 134 cm³/mol. The summed E-state index contributed by atoms with van der Waals surface area (Å²) in [6.45, 7) is 5.58. The quantitative estimate of drug-likeness (QED) is 0.509. The number of aromatic nitrogens is 2. The molecule has 0 bridgehead atoms. The molecule has 178 valence electrons. The predicted octanol–water partition coefficient (Wildman–Crippen LogP) is 5.39. The van der Waals surface area contributed by atoms with Gasteiger partial charge in [0.1, 0.15) is 29.0 Å². The van der Waals surface area contributed by atoms with Gasteiger partial charge in [-0.25, -0.2) is 14.4 Å². The van der Waals surface area contributed by atoms with Gasteiger partial charge in [0.15, 0.2) is 0 Å². The molecule has 2 aliphatic rings. The first-order valence-corrected chi connectivity index (χ1v) is 12.2. The molecule has 6 nitrogen and oxygen atoms in total. The van der Waals surface area contributed by atoms with Crippen LogP contribution in [0.3, 0.4) is 0 Å². The Balaban J connectivity index is 1.43. The Morgan fingerprint density at radius 3 is 2.82 bits per heavy atom. The monoisotopic (exact) mass is 481 g/mol. The zero-order valence-electron chi connectivity index (χ0n) is 19.5. The third-order valence-corrected chi connectivity index (χ3v) is 6.93. The van der Waals surface area contributed by atoms with Crippen molar-refractivity contribution in [1.82, 2.24) is 14.9 Å². The fourth-order valence-corrected chi connectivity index (χ4v) is 5.19. The van der Waals surface area contributed by atoms with Crippen molar-refractivity contribution in [3.05, 3.63) is 70.3 Å². The van der Waals surface area contributed by atoms with Crippen LogP contribution < -0.4 is 15.0 Å². The molecule has 5 rings (SSSR count). The van der Waals surface area contributed by atoms with E-state index in [2.05, 4.69) is 28.1 Å². The van der Waals surface area contributed by atoms with Gasteiger partial charge in [0.25, 0.3) is 0 Å². The molecule has 34 heavy (non-hydrogen) atoms. The summed E-state index contributed by atoms with van der Waals surface area (Å²) >= 11 is 6.31. The first-order valence-electron chi connectivity index (χ1n) is 11.8. The zero-order valence-corrected chi connectivity index (χ0v) is 20.3. The van der Waals surface area contributed by atoms with E-state index in [4.69, 9.17) is 26.3 Å². The third kappa shape index (κ3) is 4.55. The number of halogens is 2. The van der Waals surface area contributed by atoms with Gasteiger partial charge in [-0.2, -0.15) is 0 Å². The average molecular weight is 482 g/mol. The zero-order chi connectivity index (χ0) is 23.7. The van der Waals surface area contributed by atoms with Gasteiger partial charge in [0.2, 0.25) is 0 Å². The van der Waals surface area contributed by atoms with Crippen LogP contribution in [0.5, 0.6) is 5.75 Å². The molecule has 1 N–H and O–H groups in total. The Morgan fingerprint density at radius 2 is 2.03 bits per heavy atom. The van der Waals surface area contributed by atoms with E-state index in [0.29, 0.717) is 10.8 Å². The lowest BCUT2D eigenvalue weighted by Gasteiger charge is -2.45. The molecule has 2 aliphatic heterocycles. The number of benzene rings is 2. The first kappa shape index (κ1) is 22.9. The maximum atomic E-state index is 14.4. The van der Waals surface area contributed by atoms with Crippen molar-refractivity contribution in [2.45, 2.75) is 32.2 Å². The molecule has 2 aromatic carbocycles. The number of rotatable bonds is 6. The summed E-state index contributed by atoms with van der Waals surface area (Å²) in [4.78, 5) is 14.4. The van der Waals surface area contributed by atoms with E-state index in [1.54, 1.807) is 13.2 Å². The maximum Gasteiger partial charge on any atom is 0.137 e. The highest BCUT2D eigenvalue weighted by Gasteiger charge is 2.34. The molecular formula is C26H29ClFN5O. The minimum absolute atomic E-state index is 0.0915. The van der Waals surface area contributed by atoms with Crippen LogP contribution in [-0.4, -0.2) is 48.2 Å². The molecule has 3 aromatic rings. The topological polar surface area (TPSA) is 53.5 Å². The van der Waals surface area contributed by atoms with Crippen LogP contribution in [0.4, 0.5) is 21.7 Å². The Hall–Kier alpha value is -2.90. The lowest BCUT2D eigenvalue weighted by molar-refractivity contribution is 0.164. The molecular weight excluding hydrogens is 453 g/mol. The molecule has 1 aromatic heterocycles. The van der Waals surface area contributed by atoms with Crippen molar-refractivity contribution < 1.29 is 9.13 Å². The average Bonchev–Trinajstić information content (AvgIpc) is 2.84. The van der Waals surface area contributed by atoms with Crippen LogP contribution in [0, 0.1) is 5.82 Å². The SMILES string of the molecule is CCCc1nc(Nc2ccc(OC)c(Cl)c2)cc(N2CCN3CCc4c(F)cccc4C3C2)n1. The minimum atomic E-state index is -0.0915. The molecule has 1 saturated heterocycles. The normalized spacial score (nSPS) is 17.8. The smallest absolute Gasteiger partial charge is 0.137 e. The molecule has 1 unspecified atom stereocenters. The molecule has 0 aliphatic carbocycles. The highest BCUT2D eigenvalue weighted by Crippen LogP contribution is 2.35. The van der Waals surface area contributed by atoms with Gasteiger partial charge in [-0.1, -0.05) is 30.7 Å². The minimum Gasteiger partial charge on any atom is -0.495 e. The van der Waals surface area contributed by atoms with Gasteiger partial charge in [-0.15, -0.1) is 0 Å². The number of ether oxygens (including phenoxy) is 1. The maximum absolute atomic E-state index is 14.4. The first-order chi connectivity index (χ1) is 16.6. The number of hydrogen-bond acceptors (Lipinski definition) is 6. The van der Waals surface area contributed by atoms with Crippen LogP contribution in [-0.2, 0) is 12.8 Å². The molecule has 3 heterocycles. The number of piperazine rings is 1. The van der Waals surface area contributed by atoms with Crippen molar-refractivity contribution in [2.24, 2.45) is 0 Å². The summed E-state index contributed by atoms with van der Waals surface area (Å²) in [5.41, 5.74) is 2.79. The summed E-state index contributed by atoms with van der Waals surface area (Å²) in [5.74, 6) is 2.96. The Kier molecular flexibility index (Phi) is 6.57. The standard InChI is InChI=1S/C26H29ClFN5O/c1-3-5-24-30-25(29-17-8-9-23(34-2)20(27)14-17)15-26(31-24)33-13-12-32-11-10-18-19(22(32)16-33)6-4-7-21(18)28/h4,6-9,14-15,22H,3,5,10-13,16H2,1-2H3,(H,29,30,31). The molecule has 1 fully saturated rings. The molecule has 0 spiro atoms. The largest absolute Gasteiger partial charge is 0.495 e. The number of methoxy groups -OCH3 is 1. The second-order valence-electron chi connectivity index (χ2n) is 8.81. The number of nitrogens with one attached hydrogen (secondary N) is 1. The summed E-state index contributed by atoms with van der Waals surface area (Å²) in [6.07, 6.45) is 2.52. The van der Waals surface area contributed by atoms with E-state index >= 15 is 0 Å².